The van der Waals surface area contributed by atoms with E-state index in [4.69, 9.17) is 13.9 Å². The van der Waals surface area contributed by atoms with E-state index in [2.05, 4.69) is 26.2 Å². The Balaban J connectivity index is 1.88. The summed E-state index contributed by atoms with van der Waals surface area (Å²) in [6.45, 7) is 7.74. The number of ether oxygens (including phenoxy) is 2. The first kappa shape index (κ1) is 22.0. The van der Waals surface area contributed by atoms with E-state index in [1.54, 1.807) is 26.0 Å². The minimum Gasteiger partial charge on any atom is -0.466 e. The Morgan fingerprint density at radius 3 is 2.30 bits per heavy atom. The van der Waals surface area contributed by atoms with Crippen molar-refractivity contribution < 1.29 is 23.5 Å². The quantitative estimate of drug-likeness (QED) is 0.607. The highest BCUT2D eigenvalue weighted by atomic mass is 79.9. The van der Waals surface area contributed by atoms with Gasteiger partial charge in [0.2, 0.25) is 0 Å². The van der Waals surface area contributed by atoms with Crippen molar-refractivity contribution in [3.63, 3.8) is 0 Å². The number of hydrogen-bond donors (Lipinski definition) is 2. The van der Waals surface area contributed by atoms with Crippen LogP contribution in [0.1, 0.15) is 42.5 Å². The van der Waals surface area contributed by atoms with Crippen molar-refractivity contribution in [3.05, 3.63) is 68.1 Å². The first-order valence-electron chi connectivity index (χ1n) is 9.57. The fourth-order valence-corrected chi connectivity index (χ4v) is 4.10. The highest BCUT2D eigenvalue weighted by Gasteiger charge is 2.39. The second-order valence-electron chi connectivity index (χ2n) is 7.26. The number of rotatable bonds is 6. The number of H-pyrrole nitrogens is 1. The second-order valence-corrected chi connectivity index (χ2v) is 8.04. The zero-order chi connectivity index (χ0) is 22.0. The van der Waals surface area contributed by atoms with Crippen molar-refractivity contribution in [1.29, 1.82) is 0 Å². The molecule has 1 aliphatic heterocycles. The third-order valence-electron chi connectivity index (χ3n) is 5.13. The van der Waals surface area contributed by atoms with Crippen LogP contribution in [0.4, 0.5) is 0 Å². The first-order chi connectivity index (χ1) is 14.2. The normalized spacial score (nSPS) is 16.5. The Labute approximate surface area is 183 Å². The molecule has 0 bridgehead atoms. The zero-order valence-corrected chi connectivity index (χ0v) is 19.2. The minimum atomic E-state index is -0.728. The molecule has 30 heavy (non-hydrogen) atoms. The van der Waals surface area contributed by atoms with E-state index in [1.807, 2.05) is 19.9 Å². The van der Waals surface area contributed by atoms with E-state index in [9.17, 15) is 9.59 Å². The zero-order valence-electron chi connectivity index (χ0n) is 17.6. The van der Waals surface area contributed by atoms with Gasteiger partial charge in [-0.15, -0.1) is 0 Å². The number of halogens is 1. The van der Waals surface area contributed by atoms with Crippen LogP contribution >= 0.6 is 15.9 Å². The highest BCUT2D eigenvalue weighted by molar-refractivity contribution is 9.10. The maximum atomic E-state index is 13.1. The van der Waals surface area contributed by atoms with Crippen molar-refractivity contribution in [1.82, 2.24) is 10.3 Å². The number of nitrogens with one attached hydrogen (secondary N) is 2. The molecule has 0 spiro atoms. The molecule has 2 N–H and O–H groups in total. The van der Waals surface area contributed by atoms with Gasteiger partial charge in [0, 0.05) is 29.2 Å². The molecule has 160 valence electrons. The third kappa shape index (κ3) is 4.38. The molecule has 1 atom stereocenters. The van der Waals surface area contributed by atoms with Crippen LogP contribution in [-0.4, -0.2) is 30.6 Å². The monoisotopic (exact) mass is 476 g/mol. The molecule has 0 saturated carbocycles. The Kier molecular flexibility index (Phi) is 6.55. The Bertz CT molecular complexity index is 1040. The number of methoxy groups -OCH3 is 1. The van der Waals surface area contributed by atoms with Gasteiger partial charge in [0.15, 0.2) is 4.67 Å². The van der Waals surface area contributed by atoms with Gasteiger partial charge in [0.05, 0.1) is 30.8 Å². The number of carbonyl (C=O) groups is 2. The maximum Gasteiger partial charge on any atom is 0.336 e. The van der Waals surface area contributed by atoms with Gasteiger partial charge in [-0.1, -0.05) is 0 Å². The number of carbonyl (C=O) groups excluding carboxylic acids is 2. The fourth-order valence-electron chi connectivity index (χ4n) is 3.79. The number of esters is 2. The van der Waals surface area contributed by atoms with Crippen molar-refractivity contribution >= 4 is 27.9 Å². The molecular formula is C22H25BrN2O5. The molecule has 2 aromatic heterocycles. The summed E-state index contributed by atoms with van der Waals surface area (Å²) in [7, 11) is 1.31. The predicted octanol–water partition coefficient (Wildman–Crippen LogP) is 4.18. The van der Waals surface area contributed by atoms with E-state index < -0.39 is 17.9 Å². The van der Waals surface area contributed by atoms with Crippen molar-refractivity contribution in [3.8, 4) is 0 Å². The van der Waals surface area contributed by atoms with Crippen LogP contribution in [-0.2, 0) is 25.5 Å². The maximum absolute atomic E-state index is 13.1. The Morgan fingerprint density at radius 1 is 1.10 bits per heavy atom. The van der Waals surface area contributed by atoms with Gasteiger partial charge < -0.3 is 24.2 Å². The minimum absolute atomic E-state index is 0.221. The number of aromatic amines is 1. The molecule has 1 unspecified atom stereocenters. The molecule has 0 radical (unpaired) electrons. The van der Waals surface area contributed by atoms with Gasteiger partial charge in [-0.3, -0.25) is 0 Å². The summed E-state index contributed by atoms with van der Waals surface area (Å²) in [6.07, 6.45) is 0.595. The lowest BCUT2D eigenvalue weighted by molar-refractivity contribution is -0.139. The van der Waals surface area contributed by atoms with Crippen LogP contribution in [0.25, 0.3) is 0 Å². The molecule has 3 heterocycles. The molecule has 0 aliphatic carbocycles. The van der Waals surface area contributed by atoms with Gasteiger partial charge in [-0.2, -0.15) is 0 Å². The smallest absolute Gasteiger partial charge is 0.336 e. The summed E-state index contributed by atoms with van der Waals surface area (Å²) in [5, 5.41) is 3.10. The van der Waals surface area contributed by atoms with Crippen LogP contribution < -0.4 is 5.32 Å². The Hall–Kier alpha value is -2.74. The van der Waals surface area contributed by atoms with Crippen LogP contribution in [0.15, 0.2) is 49.8 Å². The topological polar surface area (TPSA) is 93.6 Å². The van der Waals surface area contributed by atoms with Gasteiger partial charge >= 0.3 is 11.9 Å². The first-order valence-corrected chi connectivity index (χ1v) is 10.4. The number of aromatic nitrogens is 1. The second kappa shape index (κ2) is 8.95. The highest BCUT2D eigenvalue weighted by Crippen LogP contribution is 2.40. The molecule has 7 nitrogen and oxygen atoms in total. The SMILES string of the molecule is COC(=O)C1=C(C)NC(C)=C(C(=O)OCCc2cc(C)[nH]c2C)C1c1ccc(Br)o1. The van der Waals surface area contributed by atoms with Gasteiger partial charge in [0.1, 0.15) is 5.76 Å². The molecular weight excluding hydrogens is 452 g/mol. The number of aryl methyl sites for hydroxylation is 2. The molecule has 0 amide bonds. The molecule has 1 aliphatic rings. The molecule has 3 rings (SSSR count). The lowest BCUT2D eigenvalue weighted by atomic mass is 9.83. The lowest BCUT2D eigenvalue weighted by Crippen LogP contribution is -2.32. The van der Waals surface area contributed by atoms with Crippen molar-refractivity contribution in [2.45, 2.75) is 40.0 Å². The molecule has 0 aromatic carbocycles. The Morgan fingerprint density at radius 2 is 1.77 bits per heavy atom. The molecule has 8 heteroatoms. The van der Waals surface area contributed by atoms with Crippen LogP contribution in [0.2, 0.25) is 0 Å². The van der Waals surface area contributed by atoms with Crippen LogP contribution in [0, 0.1) is 13.8 Å². The van der Waals surface area contributed by atoms with E-state index in [-0.39, 0.29) is 6.61 Å². The van der Waals surface area contributed by atoms with Crippen molar-refractivity contribution in [2.75, 3.05) is 13.7 Å². The number of dihydropyridines is 1. The number of allylic oxidation sites excluding steroid dienone is 2. The summed E-state index contributed by atoms with van der Waals surface area (Å²) in [5.74, 6) is -1.31. The predicted molar refractivity (Wildman–Crippen MR) is 115 cm³/mol. The van der Waals surface area contributed by atoms with E-state index in [0.717, 1.165) is 17.0 Å². The van der Waals surface area contributed by atoms with Crippen LogP contribution in [0.3, 0.4) is 0 Å². The molecule has 2 aromatic rings. The average molecular weight is 477 g/mol. The average Bonchev–Trinajstić information content (AvgIpc) is 3.25. The fraction of sp³-hybridized carbons (Fsp3) is 0.364. The number of hydrogen-bond acceptors (Lipinski definition) is 6. The van der Waals surface area contributed by atoms with Gasteiger partial charge in [-0.25, -0.2) is 9.59 Å². The largest absolute Gasteiger partial charge is 0.466 e. The van der Waals surface area contributed by atoms with Gasteiger partial charge in [-0.05, 0) is 67.4 Å². The summed E-state index contributed by atoms with van der Waals surface area (Å²) in [6, 6.07) is 5.49. The number of furan rings is 1. The summed E-state index contributed by atoms with van der Waals surface area (Å²) in [5.41, 5.74) is 5.08. The summed E-state index contributed by atoms with van der Waals surface area (Å²) < 4.78 is 16.8. The summed E-state index contributed by atoms with van der Waals surface area (Å²) in [4.78, 5) is 28.9. The van der Waals surface area contributed by atoms with Crippen LogP contribution in [0.5, 0.6) is 0 Å². The van der Waals surface area contributed by atoms with E-state index in [0.29, 0.717) is 39.4 Å². The van der Waals surface area contributed by atoms with E-state index in [1.165, 1.54) is 7.11 Å². The molecule has 0 saturated heterocycles. The summed E-state index contributed by atoms with van der Waals surface area (Å²) >= 11 is 3.29. The molecule has 0 fully saturated rings. The third-order valence-corrected chi connectivity index (χ3v) is 5.55. The lowest BCUT2D eigenvalue weighted by Gasteiger charge is -2.28. The van der Waals surface area contributed by atoms with Gasteiger partial charge in [0.25, 0.3) is 0 Å². The standard InChI is InChI=1S/C22H25BrN2O5/c1-11-10-15(12(2)24-11)8-9-29-22(27)19-14(4)25-13(3)18(21(26)28-5)20(19)16-6-7-17(23)30-16/h6-7,10,20,24-25H,8-9H2,1-5H3. The van der Waals surface area contributed by atoms with Crippen molar-refractivity contribution in [2.24, 2.45) is 0 Å². The van der Waals surface area contributed by atoms with E-state index >= 15 is 0 Å².